The highest BCUT2D eigenvalue weighted by molar-refractivity contribution is 9.10. The van der Waals surface area contributed by atoms with E-state index >= 15 is 0 Å². The summed E-state index contributed by atoms with van der Waals surface area (Å²) in [7, 11) is 0. The molecule has 1 rings (SSSR count). The predicted octanol–water partition coefficient (Wildman–Crippen LogP) is 4.91. The summed E-state index contributed by atoms with van der Waals surface area (Å²) in [5.74, 6) is 0. The summed E-state index contributed by atoms with van der Waals surface area (Å²) < 4.78 is 1.07. The van der Waals surface area contributed by atoms with Crippen LogP contribution in [0.2, 0.25) is 0 Å². The lowest BCUT2D eigenvalue weighted by Gasteiger charge is -2.32. The van der Waals surface area contributed by atoms with E-state index in [4.69, 9.17) is 0 Å². The molecule has 2 atom stereocenters. The molecule has 108 valence electrons. The van der Waals surface area contributed by atoms with Gasteiger partial charge < -0.3 is 10.0 Å². The molecule has 3 heteroatoms. The van der Waals surface area contributed by atoms with Gasteiger partial charge >= 0.3 is 0 Å². The number of nitrogens with zero attached hydrogens (tertiary/aromatic N) is 1. The SMILES string of the molecule is CCCCN(c1ccc([C@H](C)O)cc1Br)C(C)CC. The third-order valence-electron chi connectivity index (χ3n) is 3.64. The summed E-state index contributed by atoms with van der Waals surface area (Å²) in [4.78, 5) is 2.46. The summed E-state index contributed by atoms with van der Waals surface area (Å²) >= 11 is 3.65. The summed E-state index contributed by atoms with van der Waals surface area (Å²) in [6, 6.07) is 6.70. The van der Waals surface area contributed by atoms with Crippen LogP contribution in [0, 0.1) is 0 Å². The molecule has 0 saturated carbocycles. The average Bonchev–Trinajstić information content (AvgIpc) is 2.39. The van der Waals surface area contributed by atoms with Crippen LogP contribution < -0.4 is 4.90 Å². The number of halogens is 1. The maximum absolute atomic E-state index is 9.64. The van der Waals surface area contributed by atoms with Crippen molar-refractivity contribution in [2.75, 3.05) is 11.4 Å². The van der Waals surface area contributed by atoms with Crippen molar-refractivity contribution in [1.29, 1.82) is 0 Å². The van der Waals surface area contributed by atoms with Gasteiger partial charge in [-0.05, 0) is 60.3 Å². The van der Waals surface area contributed by atoms with E-state index in [1.54, 1.807) is 6.92 Å². The van der Waals surface area contributed by atoms with E-state index in [-0.39, 0.29) is 0 Å². The zero-order chi connectivity index (χ0) is 14.4. The molecule has 0 saturated heterocycles. The van der Waals surface area contributed by atoms with Crippen LogP contribution in [0.5, 0.6) is 0 Å². The van der Waals surface area contributed by atoms with Crippen LogP contribution in [0.25, 0.3) is 0 Å². The summed E-state index contributed by atoms with van der Waals surface area (Å²) in [6.07, 6.45) is 3.12. The monoisotopic (exact) mass is 327 g/mol. The molecule has 19 heavy (non-hydrogen) atoms. The molecule has 0 aliphatic heterocycles. The molecule has 0 heterocycles. The highest BCUT2D eigenvalue weighted by Crippen LogP contribution is 2.31. The Kier molecular flexibility index (Phi) is 6.87. The van der Waals surface area contributed by atoms with Gasteiger partial charge in [0.2, 0.25) is 0 Å². The van der Waals surface area contributed by atoms with Crippen molar-refractivity contribution in [3.63, 3.8) is 0 Å². The highest BCUT2D eigenvalue weighted by Gasteiger charge is 2.16. The molecule has 0 amide bonds. The van der Waals surface area contributed by atoms with Crippen molar-refractivity contribution in [1.82, 2.24) is 0 Å². The fraction of sp³-hybridized carbons (Fsp3) is 0.625. The molecule has 1 aromatic rings. The Labute approximate surface area is 126 Å². The molecule has 0 fully saturated rings. The topological polar surface area (TPSA) is 23.5 Å². The second kappa shape index (κ2) is 7.91. The Morgan fingerprint density at radius 2 is 1.95 bits per heavy atom. The number of unbranched alkanes of at least 4 members (excludes halogenated alkanes) is 1. The smallest absolute Gasteiger partial charge is 0.0762 e. The maximum atomic E-state index is 9.64. The van der Waals surface area contributed by atoms with Gasteiger partial charge in [-0.1, -0.05) is 26.3 Å². The Bertz CT molecular complexity index is 392. The van der Waals surface area contributed by atoms with Crippen molar-refractivity contribution in [2.45, 2.75) is 59.1 Å². The lowest BCUT2D eigenvalue weighted by molar-refractivity contribution is 0.199. The molecule has 0 aliphatic carbocycles. The maximum Gasteiger partial charge on any atom is 0.0762 e. The number of hydrogen-bond donors (Lipinski definition) is 1. The van der Waals surface area contributed by atoms with Gasteiger partial charge in [-0.25, -0.2) is 0 Å². The zero-order valence-corrected chi connectivity index (χ0v) is 14.1. The number of aliphatic hydroxyl groups excluding tert-OH is 1. The van der Waals surface area contributed by atoms with Gasteiger partial charge in [0.05, 0.1) is 11.8 Å². The van der Waals surface area contributed by atoms with Crippen LogP contribution in [0.15, 0.2) is 22.7 Å². The number of anilines is 1. The van der Waals surface area contributed by atoms with Gasteiger partial charge in [-0.3, -0.25) is 0 Å². The minimum absolute atomic E-state index is 0.418. The molecule has 0 radical (unpaired) electrons. The minimum Gasteiger partial charge on any atom is -0.389 e. The van der Waals surface area contributed by atoms with Crippen molar-refractivity contribution in [3.8, 4) is 0 Å². The van der Waals surface area contributed by atoms with E-state index in [1.807, 2.05) is 12.1 Å². The minimum atomic E-state index is -0.418. The van der Waals surface area contributed by atoms with Crippen LogP contribution in [0.3, 0.4) is 0 Å². The Morgan fingerprint density at radius 3 is 2.42 bits per heavy atom. The molecule has 0 spiro atoms. The van der Waals surface area contributed by atoms with Gasteiger partial charge in [0.15, 0.2) is 0 Å². The Balaban J connectivity index is 3.01. The third-order valence-corrected chi connectivity index (χ3v) is 4.27. The fourth-order valence-corrected chi connectivity index (χ4v) is 2.77. The quantitative estimate of drug-likeness (QED) is 0.769. The normalized spacial score (nSPS) is 14.2. The lowest BCUT2D eigenvalue weighted by Crippen LogP contribution is -2.33. The van der Waals surface area contributed by atoms with E-state index < -0.39 is 6.10 Å². The first-order valence-corrected chi connectivity index (χ1v) is 8.04. The van der Waals surface area contributed by atoms with E-state index in [0.29, 0.717) is 6.04 Å². The predicted molar refractivity (Wildman–Crippen MR) is 86.8 cm³/mol. The van der Waals surface area contributed by atoms with Crippen LogP contribution in [-0.4, -0.2) is 17.7 Å². The van der Waals surface area contributed by atoms with Crippen LogP contribution in [0.1, 0.15) is 58.6 Å². The van der Waals surface area contributed by atoms with Gasteiger partial charge in [0.1, 0.15) is 0 Å². The van der Waals surface area contributed by atoms with Crippen molar-refractivity contribution in [3.05, 3.63) is 28.2 Å². The highest BCUT2D eigenvalue weighted by atomic mass is 79.9. The summed E-state index contributed by atoms with van der Waals surface area (Å²) in [5.41, 5.74) is 2.18. The van der Waals surface area contributed by atoms with Crippen molar-refractivity contribution >= 4 is 21.6 Å². The molecule has 1 N–H and O–H groups in total. The second-order valence-electron chi connectivity index (χ2n) is 5.19. The first kappa shape index (κ1) is 16.5. The Hall–Kier alpha value is -0.540. The molecule has 1 aromatic carbocycles. The first-order chi connectivity index (χ1) is 9.01. The molecule has 0 bridgehead atoms. The summed E-state index contributed by atoms with van der Waals surface area (Å²) in [6.45, 7) is 9.59. The van der Waals surface area contributed by atoms with Crippen molar-refractivity contribution < 1.29 is 5.11 Å². The lowest BCUT2D eigenvalue weighted by atomic mass is 10.1. The van der Waals surface area contributed by atoms with Gasteiger partial charge in [-0.15, -0.1) is 0 Å². The van der Waals surface area contributed by atoms with Crippen LogP contribution >= 0.6 is 15.9 Å². The number of hydrogen-bond acceptors (Lipinski definition) is 2. The molecule has 1 unspecified atom stereocenters. The number of rotatable bonds is 7. The van der Waals surface area contributed by atoms with Gasteiger partial charge in [0.25, 0.3) is 0 Å². The largest absolute Gasteiger partial charge is 0.389 e. The fourth-order valence-electron chi connectivity index (χ4n) is 2.14. The van der Waals surface area contributed by atoms with Crippen LogP contribution in [-0.2, 0) is 0 Å². The van der Waals surface area contributed by atoms with Crippen LogP contribution in [0.4, 0.5) is 5.69 Å². The van der Waals surface area contributed by atoms with E-state index in [2.05, 4.69) is 47.7 Å². The average molecular weight is 328 g/mol. The van der Waals surface area contributed by atoms with E-state index in [9.17, 15) is 5.11 Å². The molecule has 2 nitrogen and oxygen atoms in total. The van der Waals surface area contributed by atoms with Crippen molar-refractivity contribution in [2.24, 2.45) is 0 Å². The van der Waals surface area contributed by atoms with E-state index in [0.717, 1.165) is 23.0 Å². The molecule has 0 aromatic heterocycles. The zero-order valence-electron chi connectivity index (χ0n) is 12.5. The summed E-state index contributed by atoms with van der Waals surface area (Å²) in [5, 5.41) is 9.64. The number of aliphatic hydroxyl groups is 1. The van der Waals surface area contributed by atoms with Gasteiger partial charge in [0, 0.05) is 17.1 Å². The van der Waals surface area contributed by atoms with Gasteiger partial charge in [-0.2, -0.15) is 0 Å². The molecular weight excluding hydrogens is 302 g/mol. The second-order valence-corrected chi connectivity index (χ2v) is 6.05. The standard InChI is InChI=1S/C16H26BrNO/c1-5-7-10-18(12(3)6-2)16-9-8-14(13(4)19)11-15(16)17/h8-9,11-13,19H,5-7,10H2,1-4H3/t12?,13-/m0/s1. The van der Waals surface area contributed by atoms with E-state index in [1.165, 1.54) is 18.5 Å². The number of benzene rings is 1. The molecular formula is C16H26BrNO. The first-order valence-electron chi connectivity index (χ1n) is 7.25. The molecule has 0 aliphatic rings. The Morgan fingerprint density at radius 1 is 1.26 bits per heavy atom. The third kappa shape index (κ3) is 4.50.